The summed E-state index contributed by atoms with van der Waals surface area (Å²) in [7, 11) is -0.705. The summed E-state index contributed by atoms with van der Waals surface area (Å²) in [5, 5.41) is 31.3. The lowest BCUT2D eigenvalue weighted by molar-refractivity contribution is -0.307. The minimum atomic E-state index is -3.67. The minimum absolute atomic E-state index is 0.0120. The molecular weight excluding hydrogens is 608 g/mol. The van der Waals surface area contributed by atoms with Crippen LogP contribution in [0.3, 0.4) is 0 Å². The molecule has 2 aromatic rings. The van der Waals surface area contributed by atoms with Gasteiger partial charge < -0.3 is 33.9 Å². The molecule has 0 aliphatic heterocycles. The van der Waals surface area contributed by atoms with Gasteiger partial charge in [0.2, 0.25) is 5.95 Å². The Kier molecular flexibility index (Phi) is 15.0. The summed E-state index contributed by atoms with van der Waals surface area (Å²) in [5.41, 5.74) is 1.50. The van der Waals surface area contributed by atoms with E-state index < -0.39 is 44.4 Å². The fourth-order valence-corrected chi connectivity index (χ4v) is 5.45. The third kappa shape index (κ3) is 11.4. The molecule has 0 unspecified atom stereocenters. The molecule has 240 valence electrons. The van der Waals surface area contributed by atoms with Gasteiger partial charge in [-0.25, -0.2) is 19.2 Å². The quantitative estimate of drug-likeness (QED) is 0.0741. The number of anilines is 1. The first kappa shape index (κ1) is 36.6. The second-order valence-corrected chi connectivity index (χ2v) is 12.2. The molecule has 0 amide bonds. The van der Waals surface area contributed by atoms with Gasteiger partial charge in [-0.15, -0.1) is 4.33 Å². The predicted molar refractivity (Wildman–Crippen MR) is 157 cm³/mol. The summed E-state index contributed by atoms with van der Waals surface area (Å²) < 4.78 is 50.4. The van der Waals surface area contributed by atoms with Crippen molar-refractivity contribution in [1.82, 2.24) is 9.97 Å². The SMILES string of the molecule is CCOP(=O)(COc1cc(F)ccc1-c1nc(N(C)SOOC)nc(C(C)C)c1/C=C/[C@@H](O)C[C@@H](O)CC(=O)[O-])OCC. The van der Waals surface area contributed by atoms with Crippen molar-refractivity contribution in [1.29, 1.82) is 0 Å². The number of carboxylic acid groups (broad SMARTS) is 1. The molecule has 16 heteroatoms. The molecule has 0 saturated heterocycles. The number of hydrogen-bond donors (Lipinski definition) is 2. The molecule has 43 heavy (non-hydrogen) atoms. The zero-order valence-corrected chi connectivity index (χ0v) is 26.6. The zero-order valence-electron chi connectivity index (χ0n) is 24.9. The lowest BCUT2D eigenvalue weighted by Gasteiger charge is -2.22. The van der Waals surface area contributed by atoms with Crippen LogP contribution in [0.2, 0.25) is 0 Å². The lowest BCUT2D eigenvalue weighted by atomic mass is 9.96. The number of carbonyl (C=O) groups excluding carboxylic acids is 1. The Morgan fingerprint density at radius 2 is 1.88 bits per heavy atom. The molecule has 1 aromatic carbocycles. The van der Waals surface area contributed by atoms with Gasteiger partial charge in [-0.2, -0.15) is 0 Å². The van der Waals surface area contributed by atoms with Crippen molar-refractivity contribution in [2.75, 3.05) is 38.0 Å². The van der Waals surface area contributed by atoms with Crippen molar-refractivity contribution >= 4 is 37.8 Å². The highest BCUT2D eigenvalue weighted by Crippen LogP contribution is 2.49. The fourth-order valence-electron chi connectivity index (χ4n) is 3.84. The van der Waals surface area contributed by atoms with Crippen molar-refractivity contribution in [3.8, 4) is 17.0 Å². The van der Waals surface area contributed by atoms with Gasteiger partial charge in [0.1, 0.15) is 11.6 Å². The number of hydrogen-bond acceptors (Lipinski definition) is 14. The molecule has 2 atom stereocenters. The van der Waals surface area contributed by atoms with Gasteiger partial charge in [-0.1, -0.05) is 26.0 Å². The van der Waals surface area contributed by atoms with Crippen LogP contribution in [-0.2, 0) is 27.6 Å². The third-order valence-electron chi connectivity index (χ3n) is 5.63. The average Bonchev–Trinajstić information content (AvgIpc) is 2.93. The number of carbonyl (C=O) groups is 1. The minimum Gasteiger partial charge on any atom is -0.550 e. The van der Waals surface area contributed by atoms with Gasteiger partial charge in [-0.3, -0.25) is 8.87 Å². The normalized spacial score (nSPS) is 13.4. The van der Waals surface area contributed by atoms with E-state index in [1.165, 1.54) is 35.7 Å². The Labute approximate surface area is 254 Å². The number of halogens is 1. The monoisotopic (exact) mass is 646 g/mol. The van der Waals surface area contributed by atoms with E-state index >= 15 is 0 Å². The van der Waals surface area contributed by atoms with Crippen LogP contribution in [0, 0.1) is 5.82 Å². The van der Waals surface area contributed by atoms with Crippen LogP contribution < -0.4 is 14.1 Å². The van der Waals surface area contributed by atoms with E-state index in [1.807, 2.05) is 13.8 Å². The fraction of sp³-hybridized carbons (Fsp3) is 0.519. The van der Waals surface area contributed by atoms with E-state index in [-0.39, 0.29) is 42.9 Å². The summed E-state index contributed by atoms with van der Waals surface area (Å²) >= 11 is 0.807. The second kappa shape index (κ2) is 17.6. The molecule has 0 radical (unpaired) electrons. The van der Waals surface area contributed by atoms with Gasteiger partial charge in [0.05, 0.1) is 43.9 Å². The lowest BCUT2D eigenvalue weighted by Crippen LogP contribution is -2.29. The standard InChI is InChI=1S/C27H39FN3O10PS/c1-7-39-42(36,40-8-2)16-38-23-13-18(28)9-11-21(23)26-22(12-10-19(32)14-20(33)15-24(34)35)25(17(3)4)29-27(30-26)31(5)43-41-37-6/h9-13,17,19-20,32-33H,7-8,14-16H2,1-6H3,(H,34,35)/p-1/b12-10+/t19-,20-/m1/s1. The molecule has 1 aromatic heterocycles. The summed E-state index contributed by atoms with van der Waals surface area (Å²) in [4.78, 5) is 24.8. The number of aliphatic hydroxyl groups is 2. The molecular formula is C27H38FN3O10PS-. The Morgan fingerprint density at radius 3 is 2.47 bits per heavy atom. The number of nitrogens with zero attached hydrogens (tertiary/aromatic N) is 3. The van der Waals surface area contributed by atoms with Crippen molar-refractivity contribution in [3.05, 3.63) is 41.3 Å². The number of ether oxygens (including phenoxy) is 1. The average molecular weight is 647 g/mol. The molecule has 0 aliphatic rings. The summed E-state index contributed by atoms with van der Waals surface area (Å²) in [6, 6.07) is 3.75. The highest BCUT2D eigenvalue weighted by Gasteiger charge is 2.27. The zero-order chi connectivity index (χ0) is 32.2. The number of benzene rings is 1. The molecule has 0 fully saturated rings. The Morgan fingerprint density at radius 1 is 1.21 bits per heavy atom. The summed E-state index contributed by atoms with van der Waals surface area (Å²) in [6.07, 6.45) is -1.08. The predicted octanol–water partition coefficient (Wildman–Crippen LogP) is 3.85. The van der Waals surface area contributed by atoms with Gasteiger partial charge in [-0.05, 0) is 31.9 Å². The maximum atomic E-state index is 14.5. The van der Waals surface area contributed by atoms with Crippen LogP contribution in [0.25, 0.3) is 17.3 Å². The second-order valence-electron chi connectivity index (χ2n) is 9.39. The largest absolute Gasteiger partial charge is 0.550 e. The molecule has 2 rings (SSSR count). The van der Waals surface area contributed by atoms with Crippen molar-refractivity contribution in [2.45, 2.75) is 58.7 Å². The first-order chi connectivity index (χ1) is 20.3. The number of aliphatic hydroxyl groups excluding tert-OH is 2. The Bertz CT molecular complexity index is 1280. The van der Waals surface area contributed by atoms with Crippen LogP contribution in [0.15, 0.2) is 24.3 Å². The summed E-state index contributed by atoms with van der Waals surface area (Å²) in [5.74, 6) is -2.09. The van der Waals surface area contributed by atoms with Crippen molar-refractivity contribution in [2.24, 2.45) is 0 Å². The third-order valence-corrected chi connectivity index (χ3v) is 7.96. The van der Waals surface area contributed by atoms with E-state index in [0.717, 1.165) is 18.3 Å². The molecule has 13 nitrogen and oxygen atoms in total. The van der Waals surface area contributed by atoms with Crippen LogP contribution in [0.4, 0.5) is 10.3 Å². The van der Waals surface area contributed by atoms with Crippen LogP contribution in [0.5, 0.6) is 5.75 Å². The maximum Gasteiger partial charge on any atom is 0.367 e. The van der Waals surface area contributed by atoms with Crippen molar-refractivity contribution < 1.29 is 52.1 Å². The molecule has 0 aliphatic carbocycles. The van der Waals surface area contributed by atoms with Crippen LogP contribution in [0.1, 0.15) is 57.7 Å². The Hall–Kier alpha value is -2.62. The molecule has 0 bridgehead atoms. The Balaban J connectivity index is 2.71. The van der Waals surface area contributed by atoms with E-state index in [0.29, 0.717) is 16.8 Å². The highest BCUT2D eigenvalue weighted by molar-refractivity contribution is 7.95. The van der Waals surface area contributed by atoms with Crippen LogP contribution >= 0.6 is 19.8 Å². The summed E-state index contributed by atoms with van der Waals surface area (Å²) in [6.45, 7) is 7.28. The first-order valence-corrected chi connectivity index (χ1v) is 15.8. The van der Waals surface area contributed by atoms with E-state index in [1.54, 1.807) is 20.9 Å². The topological polar surface area (TPSA) is 173 Å². The number of aliphatic carboxylic acids is 1. The maximum absolute atomic E-state index is 14.5. The smallest absolute Gasteiger partial charge is 0.367 e. The molecule has 2 N–H and O–H groups in total. The number of carboxylic acids is 1. The molecule has 0 saturated carbocycles. The molecule has 1 heterocycles. The van der Waals surface area contributed by atoms with Crippen LogP contribution in [-0.4, -0.2) is 72.1 Å². The number of aromatic nitrogens is 2. The van der Waals surface area contributed by atoms with E-state index in [4.69, 9.17) is 18.1 Å². The van der Waals surface area contributed by atoms with E-state index in [9.17, 15) is 29.1 Å². The molecule has 0 spiro atoms. The van der Waals surface area contributed by atoms with Gasteiger partial charge in [0.15, 0.2) is 18.6 Å². The highest BCUT2D eigenvalue weighted by atomic mass is 32.2. The van der Waals surface area contributed by atoms with Gasteiger partial charge in [0, 0.05) is 43.1 Å². The van der Waals surface area contributed by atoms with Gasteiger partial charge in [0.25, 0.3) is 0 Å². The van der Waals surface area contributed by atoms with Gasteiger partial charge >= 0.3 is 7.60 Å². The first-order valence-electron chi connectivity index (χ1n) is 13.4. The van der Waals surface area contributed by atoms with E-state index in [2.05, 4.69) is 14.9 Å². The van der Waals surface area contributed by atoms with Crippen molar-refractivity contribution in [3.63, 3.8) is 0 Å². The number of rotatable bonds is 19.